The van der Waals surface area contributed by atoms with Gasteiger partial charge in [-0.05, 0) is 30.7 Å². The van der Waals surface area contributed by atoms with Crippen LogP contribution in [0, 0.1) is 5.82 Å². The first-order valence-corrected chi connectivity index (χ1v) is 7.65. The van der Waals surface area contributed by atoms with E-state index in [9.17, 15) is 9.50 Å². The number of aliphatic hydroxyl groups is 1. The largest absolute Gasteiger partial charge is 0.389 e. The van der Waals surface area contributed by atoms with Crippen LogP contribution in [-0.2, 0) is 12.8 Å². The number of fused-ring (bicyclic) bond motifs is 1. The maximum absolute atomic E-state index is 13.7. The molecule has 108 valence electrons. The van der Waals surface area contributed by atoms with Gasteiger partial charge in [0.15, 0.2) is 0 Å². The summed E-state index contributed by atoms with van der Waals surface area (Å²) in [4.78, 5) is 4.53. The molecule has 0 fully saturated rings. The Morgan fingerprint density at radius 1 is 1.10 bits per heavy atom. The number of benzene rings is 2. The van der Waals surface area contributed by atoms with E-state index in [4.69, 9.17) is 0 Å². The van der Waals surface area contributed by atoms with Gasteiger partial charge in [0, 0.05) is 12.8 Å². The molecule has 0 radical (unpaired) electrons. The molecule has 0 bridgehead atoms. The van der Waals surface area contributed by atoms with Crippen molar-refractivity contribution in [3.8, 4) is 0 Å². The molecule has 21 heavy (non-hydrogen) atoms. The van der Waals surface area contributed by atoms with Crippen molar-refractivity contribution >= 4 is 21.6 Å². The highest BCUT2D eigenvalue weighted by Crippen LogP contribution is 2.26. The predicted molar refractivity (Wildman–Crippen MR) is 84.1 cm³/mol. The molecule has 0 amide bonds. The number of nitrogens with zero attached hydrogens (tertiary/aromatic N) is 1. The fourth-order valence-corrected chi connectivity index (χ4v) is 3.58. The number of thiazole rings is 1. The van der Waals surface area contributed by atoms with Crippen molar-refractivity contribution in [2.75, 3.05) is 0 Å². The maximum atomic E-state index is 13.7. The zero-order valence-electron chi connectivity index (χ0n) is 11.7. The van der Waals surface area contributed by atoms with E-state index < -0.39 is 5.60 Å². The molecule has 0 spiro atoms. The molecule has 0 saturated heterocycles. The number of para-hydroxylation sites is 1. The van der Waals surface area contributed by atoms with Gasteiger partial charge in [-0.25, -0.2) is 9.37 Å². The van der Waals surface area contributed by atoms with Crippen molar-refractivity contribution < 1.29 is 9.50 Å². The molecular weight excluding hydrogens is 285 g/mol. The molecule has 2 nitrogen and oxygen atoms in total. The molecule has 1 unspecified atom stereocenters. The van der Waals surface area contributed by atoms with E-state index in [1.807, 2.05) is 24.3 Å². The van der Waals surface area contributed by atoms with Crippen molar-refractivity contribution in [2.24, 2.45) is 0 Å². The van der Waals surface area contributed by atoms with Crippen molar-refractivity contribution in [1.29, 1.82) is 0 Å². The lowest BCUT2D eigenvalue weighted by Gasteiger charge is -2.22. The standard InChI is InChI=1S/C17H16FNOS/c1-17(20,10-12-6-2-3-7-13(12)18)11-16-19-14-8-4-5-9-15(14)21-16/h2-9,20H,10-11H2,1H3. The second kappa shape index (κ2) is 5.54. The first kappa shape index (κ1) is 14.2. The maximum Gasteiger partial charge on any atom is 0.126 e. The SMILES string of the molecule is CC(O)(Cc1nc2ccccc2s1)Cc1ccccc1F. The van der Waals surface area contributed by atoms with Crippen LogP contribution in [0.3, 0.4) is 0 Å². The fourth-order valence-electron chi connectivity index (χ4n) is 2.44. The van der Waals surface area contributed by atoms with E-state index in [1.54, 1.807) is 36.5 Å². The summed E-state index contributed by atoms with van der Waals surface area (Å²) in [6, 6.07) is 14.5. The van der Waals surface area contributed by atoms with Crippen LogP contribution in [0.1, 0.15) is 17.5 Å². The summed E-state index contributed by atoms with van der Waals surface area (Å²) < 4.78 is 14.8. The molecule has 0 aliphatic carbocycles. The molecule has 0 aliphatic rings. The van der Waals surface area contributed by atoms with Crippen LogP contribution in [0.5, 0.6) is 0 Å². The first-order valence-electron chi connectivity index (χ1n) is 6.84. The zero-order chi connectivity index (χ0) is 14.9. The molecule has 3 rings (SSSR count). The molecule has 1 atom stereocenters. The third-order valence-electron chi connectivity index (χ3n) is 3.40. The number of halogens is 1. The Morgan fingerprint density at radius 2 is 1.81 bits per heavy atom. The zero-order valence-corrected chi connectivity index (χ0v) is 12.5. The first-order chi connectivity index (χ1) is 10.0. The monoisotopic (exact) mass is 301 g/mol. The van der Waals surface area contributed by atoms with Crippen LogP contribution < -0.4 is 0 Å². The second-order valence-electron chi connectivity index (χ2n) is 5.52. The van der Waals surface area contributed by atoms with Crippen LogP contribution >= 0.6 is 11.3 Å². The van der Waals surface area contributed by atoms with E-state index in [2.05, 4.69) is 4.98 Å². The molecule has 1 aromatic heterocycles. The molecule has 1 heterocycles. The smallest absolute Gasteiger partial charge is 0.126 e. The summed E-state index contributed by atoms with van der Waals surface area (Å²) in [7, 11) is 0. The van der Waals surface area contributed by atoms with Crippen LogP contribution in [0.4, 0.5) is 4.39 Å². The quantitative estimate of drug-likeness (QED) is 0.791. The molecule has 4 heteroatoms. The lowest BCUT2D eigenvalue weighted by Crippen LogP contribution is -2.30. The summed E-state index contributed by atoms with van der Waals surface area (Å²) in [5.74, 6) is -0.276. The Morgan fingerprint density at radius 3 is 2.57 bits per heavy atom. The van der Waals surface area contributed by atoms with Crippen LogP contribution in [-0.4, -0.2) is 15.7 Å². The van der Waals surface area contributed by atoms with Gasteiger partial charge in [-0.3, -0.25) is 0 Å². The minimum atomic E-state index is -1.02. The van der Waals surface area contributed by atoms with Gasteiger partial charge in [-0.15, -0.1) is 11.3 Å². The number of hydrogen-bond donors (Lipinski definition) is 1. The van der Waals surface area contributed by atoms with Gasteiger partial charge in [-0.1, -0.05) is 30.3 Å². The minimum Gasteiger partial charge on any atom is -0.389 e. The second-order valence-corrected chi connectivity index (χ2v) is 6.63. The van der Waals surface area contributed by atoms with Crippen molar-refractivity contribution in [1.82, 2.24) is 4.98 Å². The van der Waals surface area contributed by atoms with E-state index >= 15 is 0 Å². The Balaban J connectivity index is 1.80. The highest BCUT2D eigenvalue weighted by atomic mass is 32.1. The molecule has 0 aliphatic heterocycles. The van der Waals surface area contributed by atoms with Crippen molar-refractivity contribution in [2.45, 2.75) is 25.4 Å². The Bertz CT molecular complexity index is 733. The average Bonchev–Trinajstić information content (AvgIpc) is 2.82. The van der Waals surface area contributed by atoms with Crippen molar-refractivity contribution in [3.05, 3.63) is 64.9 Å². The lowest BCUT2D eigenvalue weighted by atomic mass is 9.93. The Hall–Kier alpha value is -1.78. The molecular formula is C17H16FNOS. The molecule has 3 aromatic rings. The van der Waals surface area contributed by atoms with Gasteiger partial charge >= 0.3 is 0 Å². The predicted octanol–water partition coefficient (Wildman–Crippen LogP) is 3.97. The van der Waals surface area contributed by atoms with Gasteiger partial charge in [0.05, 0.1) is 20.8 Å². The van der Waals surface area contributed by atoms with Gasteiger partial charge < -0.3 is 5.11 Å². The number of hydrogen-bond acceptors (Lipinski definition) is 3. The summed E-state index contributed by atoms with van der Waals surface area (Å²) in [6.45, 7) is 1.73. The van der Waals surface area contributed by atoms with Crippen LogP contribution in [0.25, 0.3) is 10.2 Å². The number of rotatable bonds is 4. The Labute approximate surface area is 126 Å². The highest BCUT2D eigenvalue weighted by molar-refractivity contribution is 7.18. The average molecular weight is 301 g/mol. The fraction of sp³-hybridized carbons (Fsp3) is 0.235. The summed E-state index contributed by atoms with van der Waals surface area (Å²) in [5.41, 5.74) is 0.457. The molecule has 1 N–H and O–H groups in total. The highest BCUT2D eigenvalue weighted by Gasteiger charge is 2.24. The van der Waals surface area contributed by atoms with E-state index in [0.29, 0.717) is 12.0 Å². The summed E-state index contributed by atoms with van der Waals surface area (Å²) >= 11 is 1.57. The lowest BCUT2D eigenvalue weighted by molar-refractivity contribution is 0.0599. The molecule has 2 aromatic carbocycles. The van der Waals surface area contributed by atoms with Gasteiger partial charge in [-0.2, -0.15) is 0 Å². The molecule has 0 saturated carbocycles. The number of aromatic nitrogens is 1. The normalized spacial score (nSPS) is 14.2. The van der Waals surface area contributed by atoms with E-state index in [-0.39, 0.29) is 12.2 Å². The van der Waals surface area contributed by atoms with E-state index in [1.165, 1.54) is 6.07 Å². The van der Waals surface area contributed by atoms with E-state index in [0.717, 1.165) is 15.2 Å². The third-order valence-corrected chi connectivity index (χ3v) is 4.44. The Kier molecular flexibility index (Phi) is 3.74. The summed E-state index contributed by atoms with van der Waals surface area (Å²) in [6.07, 6.45) is 0.691. The van der Waals surface area contributed by atoms with Gasteiger partial charge in [0.1, 0.15) is 5.82 Å². The van der Waals surface area contributed by atoms with Crippen molar-refractivity contribution in [3.63, 3.8) is 0 Å². The minimum absolute atomic E-state index is 0.273. The topological polar surface area (TPSA) is 33.1 Å². The van der Waals surface area contributed by atoms with Crippen LogP contribution in [0.2, 0.25) is 0 Å². The van der Waals surface area contributed by atoms with Gasteiger partial charge in [0.2, 0.25) is 0 Å². The van der Waals surface area contributed by atoms with Gasteiger partial charge in [0.25, 0.3) is 0 Å². The van der Waals surface area contributed by atoms with Crippen LogP contribution in [0.15, 0.2) is 48.5 Å². The summed E-state index contributed by atoms with van der Waals surface area (Å²) in [5, 5.41) is 11.4. The third kappa shape index (κ3) is 3.28.